The number of rotatable bonds is 9. The molecular formula is C26H23F3N4O3S. The highest BCUT2D eigenvalue weighted by atomic mass is 32.2. The summed E-state index contributed by atoms with van der Waals surface area (Å²) in [7, 11) is 1.57. The quantitative estimate of drug-likeness (QED) is 0.272. The summed E-state index contributed by atoms with van der Waals surface area (Å²) in [6.07, 6.45) is -4.50. The van der Waals surface area contributed by atoms with Gasteiger partial charge in [-0.1, -0.05) is 35.5 Å². The Kier molecular flexibility index (Phi) is 8.02. The molecular weight excluding hydrogens is 505 g/mol. The van der Waals surface area contributed by atoms with Crippen LogP contribution in [0.25, 0.3) is 5.69 Å². The maximum Gasteiger partial charge on any atom is 0.416 e. The molecule has 11 heteroatoms. The Balaban J connectivity index is 1.50. The van der Waals surface area contributed by atoms with E-state index in [4.69, 9.17) is 9.47 Å². The van der Waals surface area contributed by atoms with Gasteiger partial charge in [0.25, 0.3) is 0 Å². The van der Waals surface area contributed by atoms with Crippen LogP contribution in [0, 0.1) is 6.92 Å². The summed E-state index contributed by atoms with van der Waals surface area (Å²) in [5.74, 6) is 1.27. The summed E-state index contributed by atoms with van der Waals surface area (Å²) >= 11 is 1.10. The number of carbonyl (C=O) groups is 1. The molecule has 0 radical (unpaired) electrons. The molecule has 7 nitrogen and oxygen atoms in total. The minimum absolute atomic E-state index is 0.0595. The van der Waals surface area contributed by atoms with E-state index in [-0.39, 0.29) is 18.0 Å². The number of ether oxygens (including phenoxy) is 2. The van der Waals surface area contributed by atoms with Gasteiger partial charge in [-0.25, -0.2) is 0 Å². The van der Waals surface area contributed by atoms with E-state index in [1.165, 1.54) is 12.1 Å². The second-order valence-corrected chi connectivity index (χ2v) is 8.89. The van der Waals surface area contributed by atoms with Crippen LogP contribution in [0.1, 0.15) is 17.0 Å². The molecule has 0 aliphatic carbocycles. The van der Waals surface area contributed by atoms with Crippen LogP contribution >= 0.6 is 11.8 Å². The molecule has 1 N–H and O–H groups in total. The number of carbonyl (C=O) groups excluding carboxylic acids is 1. The molecule has 3 aromatic carbocycles. The normalized spacial score (nSPS) is 11.3. The summed E-state index contributed by atoms with van der Waals surface area (Å²) < 4.78 is 51.8. The van der Waals surface area contributed by atoms with Gasteiger partial charge in [0.15, 0.2) is 11.0 Å². The van der Waals surface area contributed by atoms with Crippen molar-refractivity contribution in [2.24, 2.45) is 0 Å². The fourth-order valence-corrected chi connectivity index (χ4v) is 4.13. The third-order valence-electron chi connectivity index (χ3n) is 5.23. The third-order valence-corrected chi connectivity index (χ3v) is 6.15. The molecule has 0 atom stereocenters. The fourth-order valence-electron chi connectivity index (χ4n) is 3.36. The zero-order valence-electron chi connectivity index (χ0n) is 20.0. The van der Waals surface area contributed by atoms with Crippen molar-refractivity contribution in [1.82, 2.24) is 14.8 Å². The summed E-state index contributed by atoms with van der Waals surface area (Å²) in [6.45, 7) is 2.11. The van der Waals surface area contributed by atoms with Gasteiger partial charge in [-0.05, 0) is 61.5 Å². The number of thioether (sulfide) groups is 1. The van der Waals surface area contributed by atoms with Gasteiger partial charge in [0.1, 0.15) is 18.1 Å². The number of amides is 1. The van der Waals surface area contributed by atoms with E-state index >= 15 is 0 Å². The Hall–Kier alpha value is -3.99. The predicted octanol–water partition coefficient (Wildman–Crippen LogP) is 5.91. The van der Waals surface area contributed by atoms with Crippen molar-refractivity contribution >= 4 is 23.4 Å². The first-order chi connectivity index (χ1) is 17.7. The van der Waals surface area contributed by atoms with Crippen LogP contribution < -0.4 is 14.8 Å². The Morgan fingerprint density at radius 2 is 1.70 bits per heavy atom. The van der Waals surface area contributed by atoms with Gasteiger partial charge < -0.3 is 14.8 Å². The van der Waals surface area contributed by atoms with Gasteiger partial charge >= 0.3 is 6.18 Å². The van der Waals surface area contributed by atoms with Gasteiger partial charge in [0.2, 0.25) is 5.91 Å². The zero-order chi connectivity index (χ0) is 26.4. The molecule has 1 amide bonds. The van der Waals surface area contributed by atoms with E-state index in [1.54, 1.807) is 23.8 Å². The van der Waals surface area contributed by atoms with Crippen LogP contribution in [0.4, 0.5) is 18.9 Å². The standard InChI is InChI=1S/C26H23F3N4O3S/c1-17-6-10-22(11-7-17)36-15-23-31-32-25(33(23)20-8-12-21(35-2)13-9-20)37-16-24(34)30-19-5-3-4-18(14-19)26(27,28)29/h3-14H,15-16H2,1-2H3,(H,30,34). The lowest BCUT2D eigenvalue weighted by Gasteiger charge is -2.12. The molecule has 0 saturated heterocycles. The molecule has 0 aliphatic heterocycles. The second-order valence-electron chi connectivity index (χ2n) is 7.95. The molecule has 0 aliphatic rings. The topological polar surface area (TPSA) is 78.3 Å². The van der Waals surface area contributed by atoms with Gasteiger partial charge in [0, 0.05) is 11.4 Å². The molecule has 0 fully saturated rings. The van der Waals surface area contributed by atoms with Crippen molar-refractivity contribution in [3.05, 3.63) is 89.7 Å². The van der Waals surface area contributed by atoms with Gasteiger partial charge in [-0.2, -0.15) is 13.2 Å². The largest absolute Gasteiger partial charge is 0.497 e. The lowest BCUT2D eigenvalue weighted by atomic mass is 10.2. The van der Waals surface area contributed by atoms with Crippen LogP contribution in [-0.4, -0.2) is 33.5 Å². The molecule has 192 valence electrons. The molecule has 1 aromatic heterocycles. The number of anilines is 1. The fraction of sp³-hybridized carbons (Fsp3) is 0.192. The van der Waals surface area contributed by atoms with Crippen LogP contribution in [-0.2, 0) is 17.6 Å². The summed E-state index contributed by atoms with van der Waals surface area (Å²) in [5, 5.41) is 11.4. The minimum atomic E-state index is -4.50. The number of nitrogens with zero attached hydrogens (tertiary/aromatic N) is 3. The van der Waals surface area contributed by atoms with Crippen molar-refractivity contribution in [3.63, 3.8) is 0 Å². The number of nitrogens with one attached hydrogen (secondary N) is 1. The maximum atomic E-state index is 13.0. The Bertz CT molecular complexity index is 1360. The monoisotopic (exact) mass is 528 g/mol. The Morgan fingerprint density at radius 1 is 1.00 bits per heavy atom. The highest BCUT2D eigenvalue weighted by molar-refractivity contribution is 7.99. The van der Waals surface area contributed by atoms with Gasteiger partial charge in [-0.3, -0.25) is 9.36 Å². The number of benzene rings is 3. The highest BCUT2D eigenvalue weighted by Gasteiger charge is 2.30. The van der Waals surface area contributed by atoms with Crippen molar-refractivity contribution < 1.29 is 27.4 Å². The lowest BCUT2D eigenvalue weighted by molar-refractivity contribution is -0.137. The number of hydrogen-bond donors (Lipinski definition) is 1. The number of aryl methyl sites for hydroxylation is 1. The Labute approximate surface area is 215 Å². The molecule has 4 rings (SSSR count). The first-order valence-electron chi connectivity index (χ1n) is 11.1. The molecule has 4 aromatic rings. The van der Waals surface area contributed by atoms with E-state index in [0.717, 1.165) is 35.1 Å². The number of aromatic nitrogens is 3. The molecule has 37 heavy (non-hydrogen) atoms. The van der Waals surface area contributed by atoms with Crippen molar-refractivity contribution in [2.75, 3.05) is 18.2 Å². The van der Waals surface area contributed by atoms with Crippen molar-refractivity contribution in [1.29, 1.82) is 0 Å². The molecule has 0 unspecified atom stereocenters. The van der Waals surface area contributed by atoms with Crippen LogP contribution in [0.2, 0.25) is 0 Å². The number of methoxy groups -OCH3 is 1. The minimum Gasteiger partial charge on any atom is -0.497 e. The van der Waals surface area contributed by atoms with E-state index in [9.17, 15) is 18.0 Å². The molecule has 0 saturated carbocycles. The molecule has 1 heterocycles. The van der Waals surface area contributed by atoms with E-state index < -0.39 is 17.6 Å². The van der Waals surface area contributed by atoms with E-state index in [1.807, 2.05) is 43.3 Å². The third kappa shape index (κ3) is 6.82. The summed E-state index contributed by atoms with van der Waals surface area (Å²) in [4.78, 5) is 12.5. The predicted molar refractivity (Wildman–Crippen MR) is 134 cm³/mol. The highest BCUT2D eigenvalue weighted by Crippen LogP contribution is 2.31. The molecule has 0 bridgehead atoms. The number of halogens is 3. The SMILES string of the molecule is COc1ccc(-n2c(COc3ccc(C)cc3)nnc2SCC(=O)Nc2cccc(C(F)(F)F)c2)cc1. The first kappa shape index (κ1) is 26.1. The summed E-state index contributed by atoms with van der Waals surface area (Å²) in [5.41, 5.74) is 1.06. The van der Waals surface area contributed by atoms with E-state index in [0.29, 0.717) is 22.5 Å². The molecule has 0 spiro atoms. The van der Waals surface area contributed by atoms with Crippen molar-refractivity contribution in [2.45, 2.75) is 24.9 Å². The maximum absolute atomic E-state index is 13.0. The first-order valence-corrected chi connectivity index (χ1v) is 12.1. The number of hydrogen-bond acceptors (Lipinski definition) is 6. The van der Waals surface area contributed by atoms with Gasteiger partial charge in [-0.15, -0.1) is 10.2 Å². The Morgan fingerprint density at radius 3 is 2.38 bits per heavy atom. The zero-order valence-corrected chi connectivity index (χ0v) is 20.8. The van der Waals surface area contributed by atoms with Crippen molar-refractivity contribution in [3.8, 4) is 17.2 Å². The second kappa shape index (κ2) is 11.4. The van der Waals surface area contributed by atoms with Gasteiger partial charge in [0.05, 0.1) is 18.4 Å². The number of alkyl halides is 3. The van der Waals surface area contributed by atoms with Crippen LogP contribution in [0.15, 0.2) is 78.0 Å². The van der Waals surface area contributed by atoms with Crippen LogP contribution in [0.3, 0.4) is 0 Å². The lowest BCUT2D eigenvalue weighted by Crippen LogP contribution is -2.15. The smallest absolute Gasteiger partial charge is 0.416 e. The average molecular weight is 529 g/mol. The average Bonchev–Trinajstić information content (AvgIpc) is 3.29. The van der Waals surface area contributed by atoms with E-state index in [2.05, 4.69) is 15.5 Å². The summed E-state index contributed by atoms with van der Waals surface area (Å²) in [6, 6.07) is 19.3. The van der Waals surface area contributed by atoms with Crippen LogP contribution in [0.5, 0.6) is 11.5 Å².